The Morgan fingerprint density at radius 3 is 2.31 bits per heavy atom. The van der Waals surface area contributed by atoms with Gasteiger partial charge < -0.3 is 10.3 Å². The molecule has 2 N–H and O–H groups in total. The number of hydrogen-bond acceptors (Lipinski definition) is 4. The van der Waals surface area contributed by atoms with Crippen molar-refractivity contribution in [2.45, 2.75) is 4.90 Å². The maximum Gasteiger partial charge on any atom is 1.00 e. The molecule has 1 rings (SSSR count). The molecule has 0 radical (unpaired) electrons. The van der Waals surface area contributed by atoms with Gasteiger partial charge in [0.2, 0.25) is 0 Å². The zero-order valence-electron chi connectivity index (χ0n) is 6.82. The molecule has 1 aromatic carbocycles. The maximum absolute atomic E-state index is 10.5. The Bertz CT molecular complexity index is 406. The van der Waals surface area contributed by atoms with Crippen LogP contribution in [0.4, 0.5) is 5.69 Å². The molecule has 0 fully saturated rings. The zero-order valence-corrected chi connectivity index (χ0v) is 11.5. The Balaban J connectivity index is 0.00000144. The summed E-state index contributed by atoms with van der Waals surface area (Å²) in [6.45, 7) is 0. The molecule has 0 aliphatic heterocycles. The summed E-state index contributed by atoms with van der Waals surface area (Å²) >= 11 is 5.46. The van der Waals surface area contributed by atoms with E-state index >= 15 is 0 Å². The molecule has 66 valence electrons. The van der Waals surface area contributed by atoms with Gasteiger partial charge in [0.05, 0.1) is 4.90 Å². The van der Waals surface area contributed by atoms with Gasteiger partial charge in [-0.2, -0.15) is 0 Å². The molecule has 4 nitrogen and oxygen atoms in total. The monoisotopic (exact) mass is 245 g/mol. The topological polar surface area (TPSA) is 83.2 Å². The molecule has 0 amide bonds. The average molecular weight is 246 g/mol. The third kappa shape index (κ3) is 3.84. The first-order valence-electron chi connectivity index (χ1n) is 2.92. The molecule has 0 saturated heterocycles. The third-order valence-corrected chi connectivity index (χ3v) is 2.37. The van der Waals surface area contributed by atoms with Gasteiger partial charge in [-0.25, -0.2) is 8.42 Å². The molecule has 0 saturated carbocycles. The summed E-state index contributed by atoms with van der Waals surface area (Å²) in [4.78, 5) is -0.477. The van der Waals surface area contributed by atoms with E-state index in [1.54, 1.807) is 0 Å². The van der Waals surface area contributed by atoms with E-state index in [1.807, 2.05) is 0 Å². The molecule has 0 aliphatic carbocycles. The minimum atomic E-state index is -4.52. The zero-order chi connectivity index (χ0) is 9.35. The van der Waals surface area contributed by atoms with E-state index in [0.717, 1.165) is 6.07 Å². The Morgan fingerprint density at radius 2 is 1.92 bits per heavy atom. The molecule has 13 heavy (non-hydrogen) atoms. The minimum absolute atomic E-state index is 0. The Kier molecular flexibility index (Phi) is 5.42. The number of benzene rings is 1. The third-order valence-electron chi connectivity index (χ3n) is 1.24. The van der Waals surface area contributed by atoms with E-state index in [0.29, 0.717) is 0 Å². The Labute approximate surface area is 124 Å². The summed E-state index contributed by atoms with van der Waals surface area (Å²) in [6, 6.07) is 3.71. The average Bonchev–Trinajstić information content (AvgIpc) is 1.92. The second-order valence-electron chi connectivity index (χ2n) is 2.14. The fraction of sp³-hybridized carbons (Fsp3) is 0. The SMILES string of the molecule is Nc1ccc(Cl)cc1S(=O)(=O)[O-].[K+]. The van der Waals surface area contributed by atoms with Crippen molar-refractivity contribution in [2.75, 3.05) is 5.73 Å². The van der Waals surface area contributed by atoms with Crippen LogP contribution in [0, 0.1) is 0 Å². The van der Waals surface area contributed by atoms with E-state index < -0.39 is 15.0 Å². The normalized spacial score (nSPS) is 10.6. The van der Waals surface area contributed by atoms with Crippen LogP contribution < -0.4 is 57.1 Å². The minimum Gasteiger partial charge on any atom is -0.744 e. The van der Waals surface area contributed by atoms with Gasteiger partial charge >= 0.3 is 51.4 Å². The van der Waals surface area contributed by atoms with Crippen LogP contribution >= 0.6 is 11.6 Å². The fourth-order valence-electron chi connectivity index (χ4n) is 0.725. The molecule has 0 atom stereocenters. The van der Waals surface area contributed by atoms with Gasteiger partial charge in [-0.3, -0.25) is 0 Å². The van der Waals surface area contributed by atoms with E-state index in [4.69, 9.17) is 17.3 Å². The maximum atomic E-state index is 10.5. The van der Waals surface area contributed by atoms with Gasteiger partial charge in [-0.15, -0.1) is 0 Å². The largest absolute Gasteiger partial charge is 1.00 e. The second kappa shape index (κ2) is 5.08. The van der Waals surface area contributed by atoms with Crippen LogP contribution in [0.25, 0.3) is 0 Å². The molecule has 0 aromatic heterocycles. The molecular formula is C6H5ClKNO3S. The Hall–Kier alpha value is 0.856. The van der Waals surface area contributed by atoms with Gasteiger partial charge in [-0.05, 0) is 18.2 Å². The summed E-state index contributed by atoms with van der Waals surface area (Å²) in [5.41, 5.74) is 5.15. The molecule has 7 heteroatoms. The molecule has 0 bridgehead atoms. The number of hydrogen-bond donors (Lipinski definition) is 1. The van der Waals surface area contributed by atoms with Crippen molar-refractivity contribution in [1.82, 2.24) is 0 Å². The number of halogens is 1. The molecule has 0 heterocycles. The van der Waals surface area contributed by atoms with Crippen LogP contribution in [0.1, 0.15) is 0 Å². The van der Waals surface area contributed by atoms with Crippen LogP contribution in [0.3, 0.4) is 0 Å². The molecular weight excluding hydrogens is 241 g/mol. The number of nitrogen functional groups attached to an aromatic ring is 1. The number of nitrogens with two attached hydrogens (primary N) is 1. The van der Waals surface area contributed by atoms with E-state index in [9.17, 15) is 13.0 Å². The van der Waals surface area contributed by atoms with Crippen LogP contribution in [0.15, 0.2) is 23.1 Å². The molecule has 0 unspecified atom stereocenters. The summed E-state index contributed by atoms with van der Waals surface area (Å²) < 4.78 is 31.5. The van der Waals surface area contributed by atoms with E-state index in [1.165, 1.54) is 12.1 Å². The summed E-state index contributed by atoms with van der Waals surface area (Å²) in [7, 11) is -4.52. The van der Waals surface area contributed by atoms with Crippen LogP contribution in [-0.2, 0) is 10.1 Å². The smallest absolute Gasteiger partial charge is 0.744 e. The predicted molar refractivity (Wildman–Crippen MR) is 43.8 cm³/mol. The van der Waals surface area contributed by atoms with Crippen molar-refractivity contribution in [3.8, 4) is 0 Å². The van der Waals surface area contributed by atoms with E-state index in [-0.39, 0.29) is 62.1 Å². The molecule has 1 aromatic rings. The first kappa shape index (κ1) is 13.9. The van der Waals surface area contributed by atoms with Crippen molar-refractivity contribution in [3.05, 3.63) is 23.2 Å². The van der Waals surface area contributed by atoms with Crippen molar-refractivity contribution >= 4 is 27.4 Å². The van der Waals surface area contributed by atoms with Crippen LogP contribution in [0.2, 0.25) is 5.02 Å². The Morgan fingerprint density at radius 1 is 1.38 bits per heavy atom. The number of rotatable bonds is 1. The number of anilines is 1. The standard InChI is InChI=1S/C6H6ClNO3S.K/c7-4-1-2-5(8)6(3-4)12(9,10)11;/h1-3H,8H2,(H,9,10,11);/q;+1/p-1. The summed E-state index contributed by atoms with van der Waals surface area (Å²) in [5.74, 6) is 0. The van der Waals surface area contributed by atoms with Gasteiger partial charge in [0.1, 0.15) is 10.1 Å². The van der Waals surface area contributed by atoms with Gasteiger partial charge in [0.15, 0.2) is 0 Å². The predicted octanol–water partition coefficient (Wildman–Crippen LogP) is -2.17. The van der Waals surface area contributed by atoms with E-state index in [2.05, 4.69) is 0 Å². The van der Waals surface area contributed by atoms with Crippen molar-refractivity contribution in [1.29, 1.82) is 0 Å². The van der Waals surface area contributed by atoms with Crippen LogP contribution in [0.5, 0.6) is 0 Å². The first-order valence-corrected chi connectivity index (χ1v) is 4.71. The van der Waals surface area contributed by atoms with Gasteiger partial charge in [-0.1, -0.05) is 11.6 Å². The summed E-state index contributed by atoms with van der Waals surface area (Å²) in [5, 5.41) is 0.165. The fourth-order valence-corrected chi connectivity index (χ4v) is 1.59. The summed E-state index contributed by atoms with van der Waals surface area (Å²) in [6.07, 6.45) is 0. The van der Waals surface area contributed by atoms with Crippen molar-refractivity contribution in [3.63, 3.8) is 0 Å². The van der Waals surface area contributed by atoms with Gasteiger partial charge in [0, 0.05) is 10.7 Å². The molecule has 0 spiro atoms. The quantitative estimate of drug-likeness (QED) is 0.347. The van der Waals surface area contributed by atoms with Crippen molar-refractivity contribution < 1.29 is 64.4 Å². The van der Waals surface area contributed by atoms with Gasteiger partial charge in [0.25, 0.3) is 0 Å². The van der Waals surface area contributed by atoms with Crippen LogP contribution in [-0.4, -0.2) is 13.0 Å². The molecule has 0 aliphatic rings. The van der Waals surface area contributed by atoms with Crippen molar-refractivity contribution in [2.24, 2.45) is 0 Å². The second-order valence-corrected chi connectivity index (χ2v) is 3.92. The first-order chi connectivity index (χ1) is 5.41.